The topological polar surface area (TPSA) is 92.9 Å². The number of aliphatic hydroxyl groups is 1. The Morgan fingerprint density at radius 2 is 1.83 bits per heavy atom. The first kappa shape index (κ1) is 21.0. The van der Waals surface area contributed by atoms with Crippen LogP contribution in [-0.2, 0) is 21.4 Å². The third-order valence-corrected chi connectivity index (χ3v) is 6.60. The highest BCUT2D eigenvalue weighted by Gasteiger charge is 2.31. The second kappa shape index (κ2) is 8.36. The van der Waals surface area contributed by atoms with Crippen LogP contribution in [0, 0.1) is 20.8 Å². The third-order valence-electron chi connectivity index (χ3n) is 4.83. The van der Waals surface area contributed by atoms with Crippen LogP contribution in [0.15, 0.2) is 51.9 Å². The maximum Gasteiger partial charge on any atom is 0.268 e. The molecule has 1 aromatic heterocycles. The lowest BCUT2D eigenvalue weighted by molar-refractivity contribution is 0.208. The number of methoxy groups -OCH3 is 1. The van der Waals surface area contributed by atoms with Gasteiger partial charge in [0, 0.05) is 18.2 Å². The highest BCUT2D eigenvalue weighted by molar-refractivity contribution is 7.93. The number of sulfonamides is 1. The summed E-state index contributed by atoms with van der Waals surface area (Å²) in [6, 6.07) is 12.2. The normalized spacial score (nSPS) is 11.6. The fourth-order valence-corrected chi connectivity index (χ4v) is 4.75. The zero-order valence-corrected chi connectivity index (χ0v) is 17.7. The van der Waals surface area contributed by atoms with Gasteiger partial charge in [-0.2, -0.15) is 0 Å². The molecule has 1 N–H and O–H groups in total. The van der Waals surface area contributed by atoms with Crippen LogP contribution in [0.1, 0.15) is 22.5 Å². The Morgan fingerprint density at radius 1 is 1.10 bits per heavy atom. The number of nitrogens with zero attached hydrogens (tertiary/aromatic N) is 2. The van der Waals surface area contributed by atoms with Crippen LogP contribution in [0.4, 0.5) is 5.82 Å². The molecular weight excluding hydrogens is 392 g/mol. The maximum atomic E-state index is 13.6. The molecule has 0 aliphatic carbocycles. The van der Waals surface area contributed by atoms with Crippen LogP contribution < -0.4 is 4.31 Å². The Bertz CT molecular complexity index is 1120. The van der Waals surface area contributed by atoms with Crippen molar-refractivity contribution in [2.24, 2.45) is 0 Å². The van der Waals surface area contributed by atoms with Crippen LogP contribution in [0.25, 0.3) is 11.1 Å². The lowest BCUT2D eigenvalue weighted by atomic mass is 9.98. The van der Waals surface area contributed by atoms with Crippen LogP contribution in [0.3, 0.4) is 0 Å². The second-order valence-corrected chi connectivity index (χ2v) is 8.59. The van der Waals surface area contributed by atoms with E-state index in [9.17, 15) is 13.5 Å². The van der Waals surface area contributed by atoms with E-state index in [0.29, 0.717) is 16.9 Å². The predicted octanol–water partition coefficient (Wildman–Crippen LogP) is 3.56. The van der Waals surface area contributed by atoms with Gasteiger partial charge in [-0.25, -0.2) is 12.7 Å². The van der Waals surface area contributed by atoms with Crippen LogP contribution in [0.5, 0.6) is 0 Å². The Labute approximate surface area is 170 Å². The molecule has 0 spiro atoms. The largest absolute Gasteiger partial charge is 0.392 e. The Kier molecular flexibility index (Phi) is 6.07. The highest BCUT2D eigenvalue weighted by Crippen LogP contribution is 2.34. The van der Waals surface area contributed by atoms with E-state index in [1.54, 1.807) is 44.2 Å². The fraction of sp³-hybridized carbons (Fsp3) is 0.286. The predicted molar refractivity (Wildman–Crippen MR) is 110 cm³/mol. The maximum absolute atomic E-state index is 13.6. The molecular formula is C21H24N2O5S. The molecule has 3 aromatic rings. The molecule has 2 aromatic carbocycles. The molecule has 0 aliphatic rings. The van der Waals surface area contributed by atoms with Crippen molar-refractivity contribution in [2.75, 3.05) is 18.1 Å². The number of benzene rings is 2. The summed E-state index contributed by atoms with van der Waals surface area (Å²) in [6.45, 7) is 5.09. The Morgan fingerprint density at radius 3 is 2.41 bits per heavy atom. The molecule has 0 unspecified atom stereocenters. The summed E-state index contributed by atoms with van der Waals surface area (Å²) in [7, 11) is -2.58. The van der Waals surface area contributed by atoms with Gasteiger partial charge < -0.3 is 14.4 Å². The summed E-state index contributed by atoms with van der Waals surface area (Å²) >= 11 is 0. The molecule has 0 radical (unpaired) electrons. The Hall–Kier alpha value is -2.68. The number of hydrogen-bond acceptors (Lipinski definition) is 6. The zero-order chi connectivity index (χ0) is 21.2. The van der Waals surface area contributed by atoms with Crippen molar-refractivity contribution in [2.45, 2.75) is 32.3 Å². The zero-order valence-electron chi connectivity index (χ0n) is 16.8. The lowest BCUT2D eigenvalue weighted by Crippen LogP contribution is -2.34. The van der Waals surface area contributed by atoms with Gasteiger partial charge in [-0.3, -0.25) is 0 Å². The van der Waals surface area contributed by atoms with Gasteiger partial charge in [-0.1, -0.05) is 41.6 Å². The van der Waals surface area contributed by atoms with Gasteiger partial charge in [0.2, 0.25) is 0 Å². The minimum Gasteiger partial charge on any atom is -0.392 e. The number of hydrogen-bond donors (Lipinski definition) is 1. The summed E-state index contributed by atoms with van der Waals surface area (Å²) in [5.74, 6) is 0.742. The van der Waals surface area contributed by atoms with Crippen molar-refractivity contribution in [3.8, 4) is 11.1 Å². The first-order valence-corrected chi connectivity index (χ1v) is 10.5. The highest BCUT2D eigenvalue weighted by atomic mass is 32.2. The summed E-state index contributed by atoms with van der Waals surface area (Å²) in [5, 5.41) is 13.3. The molecule has 3 rings (SSSR count). The van der Waals surface area contributed by atoms with Crippen molar-refractivity contribution in [3.63, 3.8) is 0 Å². The van der Waals surface area contributed by atoms with Crippen molar-refractivity contribution < 1.29 is 22.8 Å². The van der Waals surface area contributed by atoms with Gasteiger partial charge in [0.25, 0.3) is 10.0 Å². The number of aliphatic hydroxyl groups excluding tert-OH is 1. The fourth-order valence-electron chi connectivity index (χ4n) is 3.16. The van der Waals surface area contributed by atoms with E-state index in [1.165, 1.54) is 7.11 Å². The molecule has 7 nitrogen and oxygen atoms in total. The second-order valence-electron chi connectivity index (χ2n) is 6.76. The van der Waals surface area contributed by atoms with E-state index < -0.39 is 10.0 Å². The first-order chi connectivity index (χ1) is 13.8. The van der Waals surface area contributed by atoms with Crippen molar-refractivity contribution in [1.82, 2.24) is 5.16 Å². The number of aryl methyl sites for hydroxylation is 2. The van der Waals surface area contributed by atoms with Crippen molar-refractivity contribution in [1.29, 1.82) is 0 Å². The van der Waals surface area contributed by atoms with Crippen LogP contribution >= 0.6 is 0 Å². The quantitative estimate of drug-likeness (QED) is 0.592. The molecule has 154 valence electrons. The standard InChI is InChI=1S/C21H24N2O5S/c1-14-11-17(12-24)9-10-18(14)19-7-5-6-8-20(19)29(25,26)23(13-27-4)21-15(2)16(3)28-22-21/h5-11,24H,12-13H2,1-4H3. The molecule has 0 fully saturated rings. The summed E-state index contributed by atoms with van der Waals surface area (Å²) in [4.78, 5) is 0.136. The SMILES string of the molecule is COCN(c1noc(C)c1C)S(=O)(=O)c1ccccc1-c1ccc(CO)cc1C. The molecule has 0 aliphatic heterocycles. The van der Waals surface area contributed by atoms with Gasteiger partial charge in [0.05, 0.1) is 11.5 Å². The third kappa shape index (κ3) is 3.91. The van der Waals surface area contributed by atoms with E-state index in [-0.39, 0.29) is 24.1 Å². The minimum atomic E-state index is -4.00. The molecule has 0 atom stereocenters. The molecule has 0 saturated carbocycles. The lowest BCUT2D eigenvalue weighted by Gasteiger charge is -2.23. The van der Waals surface area contributed by atoms with Gasteiger partial charge >= 0.3 is 0 Å². The number of ether oxygens (including phenoxy) is 1. The van der Waals surface area contributed by atoms with Gasteiger partial charge in [0.1, 0.15) is 12.5 Å². The smallest absolute Gasteiger partial charge is 0.268 e. The molecule has 29 heavy (non-hydrogen) atoms. The molecule has 0 bridgehead atoms. The Balaban J connectivity index is 2.18. The van der Waals surface area contributed by atoms with Gasteiger partial charge in [-0.15, -0.1) is 0 Å². The van der Waals surface area contributed by atoms with Crippen molar-refractivity contribution >= 4 is 15.8 Å². The summed E-state index contributed by atoms with van der Waals surface area (Å²) in [5.41, 5.74) is 3.60. The first-order valence-electron chi connectivity index (χ1n) is 9.05. The molecule has 1 heterocycles. The summed E-state index contributed by atoms with van der Waals surface area (Å²) in [6.07, 6.45) is 0. The molecule has 0 amide bonds. The van der Waals surface area contributed by atoms with Crippen LogP contribution in [-0.4, -0.2) is 32.5 Å². The minimum absolute atomic E-state index is 0.0759. The van der Waals surface area contributed by atoms with Gasteiger partial charge in [0.15, 0.2) is 5.82 Å². The van der Waals surface area contributed by atoms with E-state index in [0.717, 1.165) is 21.0 Å². The van der Waals surface area contributed by atoms with E-state index in [1.807, 2.05) is 19.1 Å². The molecule has 0 saturated heterocycles. The van der Waals surface area contributed by atoms with E-state index in [4.69, 9.17) is 9.26 Å². The monoisotopic (exact) mass is 416 g/mol. The molecule has 8 heteroatoms. The van der Waals surface area contributed by atoms with E-state index in [2.05, 4.69) is 5.16 Å². The van der Waals surface area contributed by atoms with Crippen LogP contribution in [0.2, 0.25) is 0 Å². The van der Waals surface area contributed by atoms with E-state index >= 15 is 0 Å². The number of aromatic nitrogens is 1. The average Bonchev–Trinajstić information content (AvgIpc) is 3.04. The summed E-state index contributed by atoms with van der Waals surface area (Å²) < 4.78 is 38.7. The average molecular weight is 416 g/mol. The van der Waals surface area contributed by atoms with Gasteiger partial charge in [-0.05, 0) is 43.5 Å². The number of rotatable bonds is 7. The number of anilines is 1. The van der Waals surface area contributed by atoms with Crippen molar-refractivity contribution in [3.05, 3.63) is 64.9 Å².